The van der Waals surface area contributed by atoms with Gasteiger partial charge in [0.15, 0.2) is 22.3 Å². The molecule has 6 aromatic carbocycles. The lowest BCUT2D eigenvalue weighted by Crippen LogP contribution is -2.23. The maximum atomic E-state index is 12.2. The molecule has 77 heavy (non-hydrogen) atoms. The first-order valence-electron chi connectivity index (χ1n) is 27.2. The number of hydrogen-bond donors (Lipinski definition) is 2. The number of aromatic nitrogens is 8. The van der Waals surface area contributed by atoms with Crippen LogP contribution in [0.15, 0.2) is 100 Å². The third-order valence-corrected chi connectivity index (χ3v) is 16.1. The van der Waals surface area contributed by atoms with E-state index in [2.05, 4.69) is 157 Å². The number of hydrogen-bond acceptors (Lipinski definition) is 10. The first-order chi connectivity index (χ1) is 37.5. The fourth-order valence-electron chi connectivity index (χ4n) is 9.56. The molecule has 10 rings (SSSR count). The number of benzene rings is 6. The Bertz CT molecular complexity index is 3770. The molecule has 0 aliphatic carbocycles. The van der Waals surface area contributed by atoms with Crippen molar-refractivity contribution in [3.63, 3.8) is 0 Å². The van der Waals surface area contributed by atoms with Crippen LogP contribution >= 0.6 is 79.6 Å². The van der Waals surface area contributed by atoms with E-state index < -0.39 is 11.2 Å². The lowest BCUT2D eigenvalue weighted by molar-refractivity contribution is 0.263. The zero-order valence-electron chi connectivity index (χ0n) is 44.0. The molecule has 0 spiro atoms. The van der Waals surface area contributed by atoms with Gasteiger partial charge in [0.1, 0.15) is 0 Å². The van der Waals surface area contributed by atoms with Crippen LogP contribution in [0.5, 0.6) is 11.9 Å². The number of halogens is 5. The van der Waals surface area contributed by atoms with Gasteiger partial charge < -0.3 is 9.47 Å². The van der Waals surface area contributed by atoms with Gasteiger partial charge in [-0.3, -0.25) is 14.8 Å². The lowest BCUT2D eigenvalue weighted by Gasteiger charge is -2.13. The van der Waals surface area contributed by atoms with E-state index in [0.29, 0.717) is 47.3 Å². The van der Waals surface area contributed by atoms with Gasteiger partial charge >= 0.3 is 11.7 Å². The topological polar surface area (TPSA) is 162 Å². The van der Waals surface area contributed by atoms with Gasteiger partial charge in [0.25, 0.3) is 5.56 Å². The van der Waals surface area contributed by atoms with Crippen molar-refractivity contribution in [2.75, 3.05) is 18.5 Å². The maximum Gasteiger partial charge on any atom is 0.327 e. The van der Waals surface area contributed by atoms with E-state index in [-0.39, 0.29) is 11.2 Å². The molecular weight excluding hydrogens is 1300 g/mol. The summed E-state index contributed by atoms with van der Waals surface area (Å²) >= 11 is 17.7. The largest absolute Gasteiger partial charge is 0.476 e. The first kappa shape index (κ1) is 58.5. The minimum Gasteiger partial charge on any atom is -0.476 e. The zero-order valence-corrected chi connectivity index (χ0v) is 51.9. The molecule has 0 fully saturated rings. The Hall–Kier alpha value is -4.68. The van der Waals surface area contributed by atoms with Gasteiger partial charge in [0, 0.05) is 44.8 Å². The number of H-pyrrole nitrogens is 2. The summed E-state index contributed by atoms with van der Waals surface area (Å²) in [5.41, 5.74) is 3.00. The van der Waals surface area contributed by atoms with E-state index in [0.717, 1.165) is 97.7 Å². The zero-order chi connectivity index (χ0) is 54.3. The molecule has 0 saturated carbocycles. The molecule has 0 aliphatic heterocycles. The highest BCUT2D eigenvalue weighted by Crippen LogP contribution is 2.39. The fourth-order valence-corrected chi connectivity index (χ4v) is 11.4. The summed E-state index contributed by atoms with van der Waals surface area (Å²) in [4.78, 5) is 57.3. The summed E-state index contributed by atoms with van der Waals surface area (Å²) < 4.78 is 16.1. The summed E-state index contributed by atoms with van der Waals surface area (Å²) in [5, 5.41) is 9.26. The highest BCUT2D eigenvalue weighted by atomic mass is 79.9. The van der Waals surface area contributed by atoms with Gasteiger partial charge in [-0.2, -0.15) is 9.97 Å². The number of fused-ring (bicyclic) bond motifs is 14. The molecule has 10 aromatic rings. The highest BCUT2D eigenvalue weighted by Gasteiger charge is 2.20. The molecule has 0 aliphatic rings. The average Bonchev–Trinajstić information content (AvgIpc) is 3.47. The van der Waals surface area contributed by atoms with E-state index in [9.17, 15) is 9.59 Å². The van der Waals surface area contributed by atoms with Crippen molar-refractivity contribution in [3.05, 3.63) is 112 Å². The molecule has 0 unspecified atom stereocenters. The average molecular weight is 1360 g/mol. The van der Waals surface area contributed by atoms with Crippen LogP contribution < -0.4 is 20.7 Å². The third-order valence-electron chi connectivity index (χ3n) is 13.5. The number of nitrogens with one attached hydrogen (secondary N) is 2. The van der Waals surface area contributed by atoms with E-state index in [1.54, 1.807) is 0 Å². The number of aromatic amines is 2. The Morgan fingerprint density at radius 2 is 0.805 bits per heavy atom. The molecule has 0 saturated heterocycles. The summed E-state index contributed by atoms with van der Waals surface area (Å²) in [6.07, 6.45) is 22.7. The van der Waals surface area contributed by atoms with Gasteiger partial charge in [-0.1, -0.05) is 221 Å². The van der Waals surface area contributed by atoms with E-state index in [4.69, 9.17) is 29.4 Å². The number of nitrogens with zero attached hydrogens (tertiary/aromatic N) is 6. The standard InChI is InChI=1S/C34H40Br2N4O2.C18H8Br2N4O2.C8H17Br/c1-3-5-7-9-11-13-19-41-33-31-32(39-34(40-33)42-20-14-12-10-8-6-4-2)38-30-28-22-24(36)16-18-26(28)25-17-15-23(35)21-27(25)29(30)37-31;19-7-1-3-9-10-4-2-8(20)6-12(10)14-13(11(9)5-7)21-15-16(22-14)23-18(26)24-17(15)25;1-2-3-4-5-6-7-8-9/h15-18,21-22H,3-14,19-20H2,1-2H3;1-6H,(H2,22,23,24,25,26);2-8H2,1H3. The molecule has 17 heteroatoms. The van der Waals surface area contributed by atoms with Crippen molar-refractivity contribution < 1.29 is 9.47 Å². The number of alkyl halides is 1. The van der Waals surface area contributed by atoms with Crippen LogP contribution in [0.4, 0.5) is 0 Å². The monoisotopic (exact) mass is 1360 g/mol. The third kappa shape index (κ3) is 15.0. The molecule has 0 amide bonds. The summed E-state index contributed by atoms with van der Waals surface area (Å²) in [7, 11) is 0. The number of unbranched alkanes of at least 4 members (excludes halogenated alkanes) is 15. The lowest BCUT2D eigenvalue weighted by atomic mass is 9.99. The van der Waals surface area contributed by atoms with E-state index in [1.807, 2.05) is 36.4 Å². The van der Waals surface area contributed by atoms with Crippen molar-refractivity contribution in [3.8, 4) is 11.9 Å². The molecule has 12 nitrogen and oxygen atoms in total. The second-order valence-corrected chi connectivity index (χ2v) is 23.8. The van der Waals surface area contributed by atoms with Crippen molar-refractivity contribution in [2.45, 2.75) is 136 Å². The van der Waals surface area contributed by atoms with Crippen molar-refractivity contribution >= 4 is 167 Å². The Balaban J connectivity index is 0.000000189. The Kier molecular flexibility index (Phi) is 22.0. The Labute approximate surface area is 490 Å². The van der Waals surface area contributed by atoms with Crippen molar-refractivity contribution in [2.24, 2.45) is 0 Å². The number of rotatable bonds is 22. The molecular formula is C60H65Br5N8O4. The molecule has 4 aromatic heterocycles. The van der Waals surface area contributed by atoms with Crippen molar-refractivity contribution in [1.82, 2.24) is 39.9 Å². The van der Waals surface area contributed by atoms with Gasteiger partial charge in [0.05, 0.1) is 35.3 Å². The van der Waals surface area contributed by atoms with E-state index >= 15 is 0 Å². The summed E-state index contributed by atoms with van der Waals surface area (Å²) in [5.74, 6) is 0.443. The van der Waals surface area contributed by atoms with Gasteiger partial charge in [-0.15, -0.1) is 0 Å². The van der Waals surface area contributed by atoms with Gasteiger partial charge in [0.2, 0.25) is 5.88 Å². The molecule has 404 valence electrons. The molecule has 2 N–H and O–H groups in total. The summed E-state index contributed by atoms with van der Waals surface area (Å²) in [6, 6.07) is 24.8. The van der Waals surface area contributed by atoms with Crippen molar-refractivity contribution in [1.29, 1.82) is 0 Å². The van der Waals surface area contributed by atoms with Crippen LogP contribution in [-0.4, -0.2) is 58.4 Å². The van der Waals surface area contributed by atoms with Crippen LogP contribution in [0.1, 0.15) is 136 Å². The maximum absolute atomic E-state index is 12.2. The highest BCUT2D eigenvalue weighted by molar-refractivity contribution is 9.11. The van der Waals surface area contributed by atoms with Crippen LogP contribution in [0.3, 0.4) is 0 Å². The summed E-state index contributed by atoms with van der Waals surface area (Å²) in [6.45, 7) is 7.88. The number of ether oxygens (including phenoxy) is 2. The normalized spacial score (nSPS) is 11.5. The van der Waals surface area contributed by atoms with E-state index in [1.165, 1.54) is 95.2 Å². The molecule has 0 atom stereocenters. The van der Waals surface area contributed by atoms with Crippen LogP contribution in [0, 0.1) is 0 Å². The predicted octanol–water partition coefficient (Wildman–Crippen LogP) is 18.6. The molecule has 4 heterocycles. The minimum atomic E-state index is -0.606. The Morgan fingerprint density at radius 1 is 0.403 bits per heavy atom. The van der Waals surface area contributed by atoms with Crippen LogP contribution in [0.25, 0.3) is 87.5 Å². The Morgan fingerprint density at radius 3 is 1.27 bits per heavy atom. The molecule has 0 radical (unpaired) electrons. The van der Waals surface area contributed by atoms with Gasteiger partial charge in [-0.25, -0.2) is 24.7 Å². The fraction of sp³-hybridized carbons (Fsp3) is 0.400. The minimum absolute atomic E-state index is 0.104. The first-order valence-corrected chi connectivity index (χ1v) is 31.5. The van der Waals surface area contributed by atoms with Gasteiger partial charge in [-0.05, 0) is 89.3 Å². The molecule has 0 bridgehead atoms. The van der Waals surface area contributed by atoms with Crippen LogP contribution in [0.2, 0.25) is 0 Å². The predicted molar refractivity (Wildman–Crippen MR) is 337 cm³/mol. The smallest absolute Gasteiger partial charge is 0.327 e. The SMILES string of the molecule is CCCCCCCCBr.CCCCCCCCOc1nc(OCCCCCCCC)c2nc3c4cc(Br)ccc4c4ccc(Br)cc4c3nc2n1.O=c1[nH]c(=O)c2nc3c4cc(Br)ccc4c4ccc(Br)cc4c3nc2[nH]1. The van der Waals surface area contributed by atoms with Crippen LogP contribution in [-0.2, 0) is 0 Å². The second-order valence-electron chi connectivity index (χ2n) is 19.4. The second kappa shape index (κ2) is 29.0. The quantitative estimate of drug-likeness (QED) is 0.0289.